The van der Waals surface area contributed by atoms with Gasteiger partial charge in [0.25, 0.3) is 5.56 Å². The van der Waals surface area contributed by atoms with Crippen LogP contribution in [0.5, 0.6) is 0 Å². The number of ether oxygens (including phenoxy) is 1. The lowest BCUT2D eigenvalue weighted by molar-refractivity contribution is 0.0600. The molecule has 9 nitrogen and oxygen atoms in total. The zero-order chi connectivity index (χ0) is 18.1. The Kier molecular flexibility index (Phi) is 3.81. The first-order valence-electron chi connectivity index (χ1n) is 7.76. The molecule has 2 aliphatic rings. The maximum absolute atomic E-state index is 12.1. The molecule has 0 bridgehead atoms. The Bertz CT molecular complexity index is 1100. The summed E-state index contributed by atoms with van der Waals surface area (Å²) in [5.74, 6) is -0.561. The summed E-state index contributed by atoms with van der Waals surface area (Å²) < 4.78 is 8.22. The first-order chi connectivity index (χ1) is 12.7. The highest BCUT2D eigenvalue weighted by molar-refractivity contribution is 5.96. The molecule has 0 unspecified atom stereocenters. The van der Waals surface area contributed by atoms with Gasteiger partial charge in [-0.3, -0.25) is 4.79 Å². The molecule has 4 rings (SSSR count). The zero-order valence-electron chi connectivity index (χ0n) is 13.8. The van der Waals surface area contributed by atoms with E-state index in [-0.39, 0.29) is 16.8 Å². The SMILES string of the molecule is COC(=O)c1cn(-c2cccc(Cn3cncn3)c2)cc2c(=O)[nH]nc1-2. The summed E-state index contributed by atoms with van der Waals surface area (Å²) in [6.07, 6.45) is 6.35. The summed E-state index contributed by atoms with van der Waals surface area (Å²) in [5, 5.41) is 10.4. The van der Waals surface area contributed by atoms with Crippen LogP contribution in [-0.2, 0) is 11.3 Å². The summed E-state index contributed by atoms with van der Waals surface area (Å²) in [7, 11) is 1.29. The molecule has 0 spiro atoms. The van der Waals surface area contributed by atoms with Crippen LogP contribution in [0.2, 0.25) is 0 Å². The number of aromatic amines is 1. The number of rotatable bonds is 4. The number of carbonyl (C=O) groups is 1. The summed E-state index contributed by atoms with van der Waals surface area (Å²) in [6, 6.07) is 7.67. The standard InChI is InChI=1S/C17H14N6O3/c1-26-17(25)14-8-22(7-13-15(14)20-21-16(13)24)12-4-2-3-11(5-12)6-23-10-18-9-19-23/h2-5,7-10H,6H2,1H3,(H,21,24). The smallest absolute Gasteiger partial charge is 0.341 e. The van der Waals surface area contributed by atoms with Gasteiger partial charge < -0.3 is 9.30 Å². The molecule has 9 heteroatoms. The molecule has 0 amide bonds. The van der Waals surface area contributed by atoms with Gasteiger partial charge in [0.1, 0.15) is 23.9 Å². The third kappa shape index (κ3) is 2.75. The van der Waals surface area contributed by atoms with Crippen LogP contribution in [0.15, 0.2) is 54.1 Å². The van der Waals surface area contributed by atoms with Gasteiger partial charge in [-0.25, -0.2) is 19.6 Å². The number of nitrogens with one attached hydrogen (secondary N) is 1. The number of carbonyl (C=O) groups excluding carboxylic acids is 1. The van der Waals surface area contributed by atoms with Crippen LogP contribution < -0.4 is 5.56 Å². The van der Waals surface area contributed by atoms with Gasteiger partial charge in [0, 0.05) is 18.1 Å². The Labute approximate surface area is 147 Å². The van der Waals surface area contributed by atoms with Gasteiger partial charge >= 0.3 is 5.97 Å². The quantitative estimate of drug-likeness (QED) is 0.552. The van der Waals surface area contributed by atoms with E-state index < -0.39 is 5.97 Å². The van der Waals surface area contributed by atoms with Crippen LogP contribution in [0.3, 0.4) is 0 Å². The number of nitrogens with zero attached hydrogens (tertiary/aromatic N) is 5. The van der Waals surface area contributed by atoms with Crippen LogP contribution in [0.4, 0.5) is 0 Å². The minimum atomic E-state index is -0.561. The first-order valence-corrected chi connectivity index (χ1v) is 7.76. The van der Waals surface area contributed by atoms with Crippen molar-refractivity contribution >= 4 is 5.97 Å². The molecule has 0 radical (unpaired) electrons. The Morgan fingerprint density at radius 3 is 2.96 bits per heavy atom. The Balaban J connectivity index is 1.81. The number of hydrogen-bond acceptors (Lipinski definition) is 6. The lowest BCUT2D eigenvalue weighted by Crippen LogP contribution is -2.11. The molecular weight excluding hydrogens is 336 g/mol. The molecule has 0 fully saturated rings. The lowest BCUT2D eigenvalue weighted by atomic mass is 10.1. The maximum atomic E-state index is 12.1. The summed E-state index contributed by atoms with van der Waals surface area (Å²) in [6.45, 7) is 0.555. The molecule has 26 heavy (non-hydrogen) atoms. The fraction of sp³-hybridized carbons (Fsp3) is 0.118. The second-order valence-corrected chi connectivity index (χ2v) is 5.65. The van der Waals surface area contributed by atoms with Gasteiger partial charge in [-0.15, -0.1) is 0 Å². The van der Waals surface area contributed by atoms with Crippen molar-refractivity contribution < 1.29 is 9.53 Å². The van der Waals surface area contributed by atoms with Gasteiger partial charge in [0.05, 0.1) is 19.2 Å². The number of hydrogen-bond donors (Lipinski definition) is 1. The average molecular weight is 350 g/mol. The fourth-order valence-corrected chi connectivity index (χ4v) is 2.76. The highest BCUT2D eigenvalue weighted by Gasteiger charge is 2.22. The first kappa shape index (κ1) is 15.8. The molecular formula is C17H14N6O3. The molecule has 2 aromatic rings. The number of aromatic nitrogens is 6. The monoisotopic (exact) mass is 350 g/mol. The van der Waals surface area contributed by atoms with Crippen molar-refractivity contribution in [3.63, 3.8) is 0 Å². The Morgan fingerprint density at radius 1 is 1.31 bits per heavy atom. The molecule has 1 aromatic carbocycles. The Hall–Kier alpha value is -3.75. The number of methoxy groups -OCH3 is 1. The van der Waals surface area contributed by atoms with Crippen molar-refractivity contribution in [2.45, 2.75) is 6.54 Å². The predicted octanol–water partition coefficient (Wildman–Crippen LogP) is 1.09. The van der Waals surface area contributed by atoms with Crippen molar-refractivity contribution in [2.75, 3.05) is 7.11 Å². The van der Waals surface area contributed by atoms with Crippen molar-refractivity contribution in [1.82, 2.24) is 29.5 Å². The van der Waals surface area contributed by atoms with E-state index in [9.17, 15) is 9.59 Å². The lowest BCUT2D eigenvalue weighted by Gasteiger charge is -2.13. The van der Waals surface area contributed by atoms with Crippen LogP contribution >= 0.6 is 0 Å². The predicted molar refractivity (Wildman–Crippen MR) is 91.3 cm³/mol. The van der Waals surface area contributed by atoms with Crippen molar-refractivity contribution in [3.05, 3.63) is 70.8 Å². The minimum absolute atomic E-state index is 0.213. The topological polar surface area (TPSA) is 108 Å². The number of H-pyrrole nitrogens is 1. The van der Waals surface area contributed by atoms with Gasteiger partial charge in [0.2, 0.25) is 0 Å². The highest BCUT2D eigenvalue weighted by Crippen LogP contribution is 2.23. The summed E-state index contributed by atoms with van der Waals surface area (Å²) in [4.78, 5) is 28.0. The molecule has 0 saturated carbocycles. The fourth-order valence-electron chi connectivity index (χ4n) is 2.76. The van der Waals surface area contributed by atoms with E-state index in [1.165, 1.54) is 13.4 Å². The molecule has 130 valence electrons. The van der Waals surface area contributed by atoms with E-state index in [1.54, 1.807) is 28.0 Å². The highest BCUT2D eigenvalue weighted by atomic mass is 16.5. The summed E-state index contributed by atoms with van der Waals surface area (Å²) in [5.41, 5.74) is 2.24. The van der Waals surface area contributed by atoms with Crippen LogP contribution in [0, 0.1) is 0 Å². The zero-order valence-corrected chi connectivity index (χ0v) is 13.8. The molecule has 0 atom stereocenters. The van der Waals surface area contributed by atoms with E-state index in [1.807, 2.05) is 24.3 Å². The Morgan fingerprint density at radius 2 is 2.19 bits per heavy atom. The molecule has 2 aliphatic heterocycles. The van der Waals surface area contributed by atoms with Gasteiger partial charge in [-0.1, -0.05) is 12.1 Å². The van der Waals surface area contributed by atoms with E-state index in [0.29, 0.717) is 12.1 Å². The van der Waals surface area contributed by atoms with Gasteiger partial charge in [0.15, 0.2) is 0 Å². The van der Waals surface area contributed by atoms with E-state index in [4.69, 9.17) is 4.74 Å². The van der Waals surface area contributed by atoms with Crippen LogP contribution in [-0.4, -0.2) is 42.6 Å². The third-order valence-electron chi connectivity index (χ3n) is 3.99. The van der Waals surface area contributed by atoms with E-state index in [2.05, 4.69) is 20.3 Å². The van der Waals surface area contributed by atoms with E-state index >= 15 is 0 Å². The van der Waals surface area contributed by atoms with E-state index in [0.717, 1.165) is 11.3 Å². The molecule has 0 saturated heterocycles. The molecule has 1 N–H and O–H groups in total. The molecule has 0 aliphatic carbocycles. The number of esters is 1. The van der Waals surface area contributed by atoms with Crippen molar-refractivity contribution in [3.8, 4) is 16.9 Å². The van der Waals surface area contributed by atoms with Crippen molar-refractivity contribution in [2.24, 2.45) is 0 Å². The summed E-state index contributed by atoms with van der Waals surface area (Å²) >= 11 is 0. The van der Waals surface area contributed by atoms with Crippen molar-refractivity contribution in [1.29, 1.82) is 0 Å². The number of fused-ring (bicyclic) bond motifs is 1. The van der Waals surface area contributed by atoms with Crippen LogP contribution in [0.1, 0.15) is 15.9 Å². The normalized spacial score (nSPS) is 11.0. The second-order valence-electron chi connectivity index (χ2n) is 5.65. The molecule has 1 aromatic heterocycles. The van der Waals surface area contributed by atoms with Crippen LogP contribution in [0.25, 0.3) is 16.9 Å². The maximum Gasteiger partial charge on any atom is 0.341 e. The van der Waals surface area contributed by atoms with Gasteiger partial charge in [-0.05, 0) is 17.7 Å². The average Bonchev–Trinajstić information content (AvgIpc) is 3.31. The van der Waals surface area contributed by atoms with Gasteiger partial charge in [-0.2, -0.15) is 10.2 Å². The largest absolute Gasteiger partial charge is 0.465 e. The second kappa shape index (κ2) is 6.28. The third-order valence-corrected chi connectivity index (χ3v) is 3.99. The molecule has 3 heterocycles. The minimum Gasteiger partial charge on any atom is -0.465 e. The number of pyridine rings is 1. The number of benzene rings is 1.